The highest BCUT2D eigenvalue weighted by Gasteiger charge is 2.07. The molecule has 0 saturated heterocycles. The number of nitrogens with zero attached hydrogens (tertiary/aromatic N) is 3. The molecular weight excluding hydrogens is 262 g/mol. The van der Waals surface area contributed by atoms with Crippen molar-refractivity contribution in [3.05, 3.63) is 0 Å². The number of hydrogen-bond donors (Lipinski definition) is 2. The molecule has 0 aliphatic carbocycles. The van der Waals surface area contributed by atoms with Gasteiger partial charge in [0.1, 0.15) is 0 Å². The van der Waals surface area contributed by atoms with Crippen molar-refractivity contribution in [2.24, 2.45) is 0 Å². The Hall–Kier alpha value is -2.12. The Bertz CT molecular complexity index is 428. The standard InChI is InChI=1S/C12H21N5O3/c1-4-8-20-12-16-10(13-5-2)15-11(17-12)14-7-6-9(18)19-3/h4-8H2,1-3H3,(H2,13,14,15,16,17). The molecule has 8 nitrogen and oxygen atoms in total. The molecule has 8 heteroatoms. The Kier molecular flexibility index (Phi) is 7.08. The molecule has 0 amide bonds. The van der Waals surface area contributed by atoms with Crippen LogP contribution in [0.4, 0.5) is 11.9 Å². The lowest BCUT2D eigenvalue weighted by Gasteiger charge is -2.09. The van der Waals surface area contributed by atoms with Gasteiger partial charge in [-0.2, -0.15) is 15.0 Å². The lowest BCUT2D eigenvalue weighted by Crippen LogP contribution is -2.14. The molecule has 1 aromatic rings. The topological polar surface area (TPSA) is 98.3 Å². The molecule has 20 heavy (non-hydrogen) atoms. The van der Waals surface area contributed by atoms with Gasteiger partial charge in [0.15, 0.2) is 0 Å². The SMILES string of the molecule is CCCOc1nc(NCC)nc(NCCC(=O)OC)n1. The minimum atomic E-state index is -0.291. The normalized spacial score (nSPS) is 9.95. The summed E-state index contributed by atoms with van der Waals surface area (Å²) in [5.74, 6) is 0.515. The average molecular weight is 283 g/mol. The third-order valence-electron chi connectivity index (χ3n) is 2.22. The molecule has 0 atom stereocenters. The summed E-state index contributed by atoms with van der Waals surface area (Å²) in [6, 6.07) is 0.262. The van der Waals surface area contributed by atoms with Crippen LogP contribution in [-0.4, -0.2) is 47.7 Å². The number of aromatic nitrogens is 3. The number of anilines is 2. The quantitative estimate of drug-likeness (QED) is 0.649. The zero-order chi connectivity index (χ0) is 14.8. The van der Waals surface area contributed by atoms with Crippen molar-refractivity contribution in [3.8, 4) is 6.01 Å². The summed E-state index contributed by atoms with van der Waals surface area (Å²) in [6.07, 6.45) is 1.11. The molecule has 1 rings (SSSR count). The number of rotatable bonds is 9. The van der Waals surface area contributed by atoms with Gasteiger partial charge in [-0.1, -0.05) is 6.92 Å². The van der Waals surface area contributed by atoms with Crippen LogP contribution in [0.2, 0.25) is 0 Å². The Balaban J connectivity index is 2.66. The maximum atomic E-state index is 11.0. The first-order valence-electron chi connectivity index (χ1n) is 6.63. The van der Waals surface area contributed by atoms with E-state index in [9.17, 15) is 4.79 Å². The minimum Gasteiger partial charge on any atom is -0.469 e. The van der Waals surface area contributed by atoms with Gasteiger partial charge < -0.3 is 20.1 Å². The molecule has 0 fully saturated rings. The van der Waals surface area contributed by atoms with Crippen LogP contribution in [0.5, 0.6) is 6.01 Å². The zero-order valence-electron chi connectivity index (χ0n) is 12.1. The van der Waals surface area contributed by atoms with Gasteiger partial charge in [-0.25, -0.2) is 0 Å². The van der Waals surface area contributed by atoms with Crippen LogP contribution in [0.15, 0.2) is 0 Å². The summed E-state index contributed by atoms with van der Waals surface area (Å²) in [5.41, 5.74) is 0. The van der Waals surface area contributed by atoms with Gasteiger partial charge in [-0.3, -0.25) is 4.79 Å². The van der Waals surface area contributed by atoms with E-state index in [1.807, 2.05) is 13.8 Å². The number of carbonyl (C=O) groups excluding carboxylic acids is 1. The molecule has 1 heterocycles. The third kappa shape index (κ3) is 5.68. The van der Waals surface area contributed by atoms with Crippen molar-refractivity contribution in [1.29, 1.82) is 0 Å². The fourth-order valence-electron chi connectivity index (χ4n) is 1.31. The average Bonchev–Trinajstić information content (AvgIpc) is 2.45. The van der Waals surface area contributed by atoms with Crippen LogP contribution < -0.4 is 15.4 Å². The fourth-order valence-corrected chi connectivity index (χ4v) is 1.31. The highest BCUT2D eigenvalue weighted by atomic mass is 16.5. The molecule has 0 aliphatic rings. The summed E-state index contributed by atoms with van der Waals surface area (Å²) < 4.78 is 9.96. The van der Waals surface area contributed by atoms with Crippen LogP contribution in [0.1, 0.15) is 26.7 Å². The Morgan fingerprint density at radius 1 is 1.15 bits per heavy atom. The molecule has 0 aliphatic heterocycles. The molecule has 2 N–H and O–H groups in total. The Morgan fingerprint density at radius 2 is 1.85 bits per heavy atom. The van der Waals surface area contributed by atoms with Crippen LogP contribution in [0.25, 0.3) is 0 Å². The summed E-state index contributed by atoms with van der Waals surface area (Å²) in [6.45, 7) is 5.56. The predicted octanol–water partition coefficient (Wildman–Crippen LogP) is 1.07. The van der Waals surface area contributed by atoms with Gasteiger partial charge in [0.25, 0.3) is 0 Å². The maximum absolute atomic E-state index is 11.0. The van der Waals surface area contributed by atoms with Gasteiger partial charge in [0, 0.05) is 13.1 Å². The highest BCUT2D eigenvalue weighted by Crippen LogP contribution is 2.11. The van der Waals surface area contributed by atoms with Crippen LogP contribution in [0, 0.1) is 0 Å². The van der Waals surface area contributed by atoms with Crippen LogP contribution in [-0.2, 0) is 9.53 Å². The zero-order valence-corrected chi connectivity index (χ0v) is 12.1. The molecule has 1 aromatic heterocycles. The number of nitrogens with one attached hydrogen (secondary N) is 2. The van der Waals surface area contributed by atoms with E-state index in [4.69, 9.17) is 4.74 Å². The van der Waals surface area contributed by atoms with E-state index in [-0.39, 0.29) is 18.4 Å². The fraction of sp³-hybridized carbons (Fsp3) is 0.667. The molecule has 112 valence electrons. The first-order chi connectivity index (χ1) is 9.69. The monoisotopic (exact) mass is 283 g/mol. The number of ether oxygens (including phenoxy) is 2. The maximum Gasteiger partial charge on any atom is 0.323 e. The first kappa shape index (κ1) is 15.9. The summed E-state index contributed by atoms with van der Waals surface area (Å²) >= 11 is 0. The lowest BCUT2D eigenvalue weighted by molar-refractivity contribution is -0.140. The van der Waals surface area contributed by atoms with Crippen molar-refractivity contribution < 1.29 is 14.3 Å². The van der Waals surface area contributed by atoms with Crippen LogP contribution in [0.3, 0.4) is 0 Å². The van der Waals surface area contributed by atoms with Crippen LogP contribution >= 0.6 is 0 Å². The van der Waals surface area contributed by atoms with Gasteiger partial charge in [-0.15, -0.1) is 0 Å². The van der Waals surface area contributed by atoms with Crippen molar-refractivity contribution in [3.63, 3.8) is 0 Å². The third-order valence-corrected chi connectivity index (χ3v) is 2.22. The van der Waals surface area contributed by atoms with E-state index in [0.717, 1.165) is 6.42 Å². The molecule has 0 spiro atoms. The highest BCUT2D eigenvalue weighted by molar-refractivity contribution is 5.69. The Labute approximate surface area is 118 Å². The lowest BCUT2D eigenvalue weighted by atomic mass is 10.4. The van der Waals surface area contributed by atoms with E-state index in [0.29, 0.717) is 31.6 Å². The van der Waals surface area contributed by atoms with Gasteiger partial charge in [-0.05, 0) is 13.3 Å². The number of hydrogen-bond acceptors (Lipinski definition) is 8. The van der Waals surface area contributed by atoms with Crippen molar-refractivity contribution in [2.45, 2.75) is 26.7 Å². The van der Waals surface area contributed by atoms with Gasteiger partial charge in [0.2, 0.25) is 11.9 Å². The second kappa shape index (κ2) is 8.89. The number of esters is 1. The molecule has 0 unspecified atom stereocenters. The van der Waals surface area contributed by atoms with E-state index < -0.39 is 0 Å². The summed E-state index contributed by atoms with van der Waals surface area (Å²) in [5, 5.41) is 5.94. The molecular formula is C12H21N5O3. The van der Waals surface area contributed by atoms with Crippen molar-refractivity contribution in [2.75, 3.05) is 37.4 Å². The largest absolute Gasteiger partial charge is 0.469 e. The summed E-state index contributed by atoms with van der Waals surface area (Å²) in [7, 11) is 1.35. The molecule has 0 radical (unpaired) electrons. The molecule has 0 saturated carbocycles. The molecule has 0 aromatic carbocycles. The Morgan fingerprint density at radius 3 is 2.45 bits per heavy atom. The van der Waals surface area contributed by atoms with E-state index >= 15 is 0 Å². The minimum absolute atomic E-state index is 0.240. The summed E-state index contributed by atoms with van der Waals surface area (Å²) in [4.78, 5) is 23.5. The van der Waals surface area contributed by atoms with E-state index in [2.05, 4.69) is 30.3 Å². The predicted molar refractivity (Wildman–Crippen MR) is 74.9 cm³/mol. The van der Waals surface area contributed by atoms with E-state index in [1.54, 1.807) is 0 Å². The second-order valence-electron chi connectivity index (χ2n) is 3.90. The van der Waals surface area contributed by atoms with Crippen molar-refractivity contribution in [1.82, 2.24) is 15.0 Å². The number of methoxy groups -OCH3 is 1. The van der Waals surface area contributed by atoms with Crippen molar-refractivity contribution >= 4 is 17.9 Å². The molecule has 0 bridgehead atoms. The smallest absolute Gasteiger partial charge is 0.323 e. The van der Waals surface area contributed by atoms with E-state index in [1.165, 1.54) is 7.11 Å². The number of carbonyl (C=O) groups is 1. The van der Waals surface area contributed by atoms with Gasteiger partial charge >= 0.3 is 12.0 Å². The first-order valence-corrected chi connectivity index (χ1v) is 6.63. The van der Waals surface area contributed by atoms with Gasteiger partial charge in [0.05, 0.1) is 20.1 Å². The second-order valence-corrected chi connectivity index (χ2v) is 3.90.